The van der Waals surface area contributed by atoms with Crippen molar-refractivity contribution in [1.82, 2.24) is 0 Å². The predicted octanol–water partition coefficient (Wildman–Crippen LogP) is 3.62. The molecule has 138 valence electrons. The van der Waals surface area contributed by atoms with Crippen molar-refractivity contribution in [2.75, 3.05) is 13.2 Å². The monoisotopic (exact) mass is 338 g/mol. The highest BCUT2D eigenvalue weighted by atomic mass is 16.4. The Balaban J connectivity index is 2.20. The third-order valence-corrected chi connectivity index (χ3v) is 7.17. The SMILES string of the molecule is C=C1CC[C@@H]2[C@](C)(CCC[C@]2(C)C(=O)O)[C@H]1CC[C@H](CO)CCO. The van der Waals surface area contributed by atoms with Crippen LogP contribution in [0.2, 0.25) is 0 Å². The molecule has 24 heavy (non-hydrogen) atoms. The van der Waals surface area contributed by atoms with E-state index in [2.05, 4.69) is 13.5 Å². The topological polar surface area (TPSA) is 77.8 Å². The smallest absolute Gasteiger partial charge is 0.309 e. The van der Waals surface area contributed by atoms with E-state index in [0.717, 1.165) is 44.9 Å². The third-order valence-electron chi connectivity index (χ3n) is 7.17. The molecule has 4 nitrogen and oxygen atoms in total. The van der Waals surface area contributed by atoms with E-state index >= 15 is 0 Å². The van der Waals surface area contributed by atoms with E-state index in [1.165, 1.54) is 5.57 Å². The summed E-state index contributed by atoms with van der Waals surface area (Å²) >= 11 is 0. The Hall–Kier alpha value is -0.870. The first-order chi connectivity index (χ1) is 11.3. The molecule has 0 aliphatic heterocycles. The minimum atomic E-state index is -0.654. The van der Waals surface area contributed by atoms with Gasteiger partial charge in [0.05, 0.1) is 5.41 Å². The van der Waals surface area contributed by atoms with E-state index in [9.17, 15) is 15.0 Å². The molecule has 4 heteroatoms. The van der Waals surface area contributed by atoms with Crippen LogP contribution in [0.3, 0.4) is 0 Å². The Morgan fingerprint density at radius 2 is 2.00 bits per heavy atom. The van der Waals surface area contributed by atoms with Crippen molar-refractivity contribution in [3.05, 3.63) is 12.2 Å². The minimum absolute atomic E-state index is 0.0139. The van der Waals surface area contributed by atoms with Crippen molar-refractivity contribution in [3.8, 4) is 0 Å². The van der Waals surface area contributed by atoms with Gasteiger partial charge < -0.3 is 15.3 Å². The largest absolute Gasteiger partial charge is 0.481 e. The Labute approximate surface area is 146 Å². The van der Waals surface area contributed by atoms with Crippen LogP contribution in [0.4, 0.5) is 0 Å². The molecule has 5 atom stereocenters. The maximum Gasteiger partial charge on any atom is 0.309 e. The van der Waals surface area contributed by atoms with Crippen molar-refractivity contribution in [1.29, 1.82) is 0 Å². The molecule has 0 saturated heterocycles. The van der Waals surface area contributed by atoms with Crippen LogP contribution in [0, 0.1) is 28.6 Å². The molecule has 2 aliphatic carbocycles. The van der Waals surface area contributed by atoms with Gasteiger partial charge in [0.1, 0.15) is 0 Å². The number of carboxylic acids is 1. The average Bonchev–Trinajstić information content (AvgIpc) is 2.52. The maximum atomic E-state index is 12.0. The molecule has 0 aromatic carbocycles. The van der Waals surface area contributed by atoms with Crippen LogP contribution in [0.15, 0.2) is 12.2 Å². The first-order valence-corrected chi connectivity index (χ1v) is 9.42. The highest BCUT2D eigenvalue weighted by molar-refractivity contribution is 5.75. The van der Waals surface area contributed by atoms with Crippen LogP contribution in [0.1, 0.15) is 65.2 Å². The fraction of sp³-hybridized carbons (Fsp3) is 0.850. The molecule has 0 unspecified atom stereocenters. The third kappa shape index (κ3) is 3.41. The van der Waals surface area contributed by atoms with Crippen LogP contribution >= 0.6 is 0 Å². The van der Waals surface area contributed by atoms with Gasteiger partial charge in [-0.3, -0.25) is 4.79 Å². The molecular weight excluding hydrogens is 304 g/mol. The minimum Gasteiger partial charge on any atom is -0.481 e. The van der Waals surface area contributed by atoms with Gasteiger partial charge in [-0.05, 0) is 75.0 Å². The fourth-order valence-corrected chi connectivity index (χ4v) is 5.65. The summed E-state index contributed by atoms with van der Waals surface area (Å²) < 4.78 is 0. The van der Waals surface area contributed by atoms with Gasteiger partial charge in [0, 0.05) is 13.2 Å². The lowest BCUT2D eigenvalue weighted by molar-refractivity contribution is -0.164. The van der Waals surface area contributed by atoms with E-state index in [4.69, 9.17) is 5.11 Å². The summed E-state index contributed by atoms with van der Waals surface area (Å²) in [6.07, 6.45) is 7.06. The standard InChI is InChI=1S/C20H34O4/c1-14-5-8-17-19(2,10-4-11-20(17,3)18(23)24)16(14)7-6-15(13-22)9-12-21/h15-17,21-22H,1,4-13H2,2-3H3,(H,23,24)/t15-,16-,17+,19+,20-/m0/s1. The van der Waals surface area contributed by atoms with Gasteiger partial charge >= 0.3 is 5.97 Å². The first-order valence-electron chi connectivity index (χ1n) is 9.42. The van der Waals surface area contributed by atoms with E-state index in [1.807, 2.05) is 6.92 Å². The Morgan fingerprint density at radius 1 is 1.29 bits per heavy atom. The van der Waals surface area contributed by atoms with Gasteiger partial charge in [0.2, 0.25) is 0 Å². The number of carboxylic acid groups (broad SMARTS) is 1. The lowest BCUT2D eigenvalue weighted by Gasteiger charge is -2.57. The number of carbonyl (C=O) groups is 1. The summed E-state index contributed by atoms with van der Waals surface area (Å²) in [6.45, 7) is 8.73. The summed E-state index contributed by atoms with van der Waals surface area (Å²) in [7, 11) is 0. The highest BCUT2D eigenvalue weighted by Crippen LogP contribution is 2.62. The van der Waals surface area contributed by atoms with Gasteiger partial charge in [0.25, 0.3) is 0 Å². The van der Waals surface area contributed by atoms with Gasteiger partial charge in [-0.2, -0.15) is 0 Å². The zero-order valence-corrected chi connectivity index (χ0v) is 15.3. The van der Waals surface area contributed by atoms with Crippen molar-refractivity contribution in [3.63, 3.8) is 0 Å². The number of fused-ring (bicyclic) bond motifs is 1. The van der Waals surface area contributed by atoms with Crippen LogP contribution in [-0.4, -0.2) is 34.5 Å². The van der Waals surface area contributed by atoms with Crippen LogP contribution in [0.25, 0.3) is 0 Å². The van der Waals surface area contributed by atoms with Crippen LogP contribution in [0.5, 0.6) is 0 Å². The summed E-state index contributed by atoms with van der Waals surface area (Å²) in [5.41, 5.74) is 0.608. The number of allylic oxidation sites excluding steroid dienone is 1. The van der Waals surface area contributed by atoms with E-state index < -0.39 is 11.4 Å². The van der Waals surface area contributed by atoms with Crippen molar-refractivity contribution in [2.24, 2.45) is 28.6 Å². The van der Waals surface area contributed by atoms with Crippen LogP contribution in [-0.2, 0) is 4.79 Å². The van der Waals surface area contributed by atoms with Crippen molar-refractivity contribution in [2.45, 2.75) is 65.2 Å². The second kappa shape index (κ2) is 7.57. The molecule has 0 spiro atoms. The Bertz CT molecular complexity index is 474. The summed E-state index contributed by atoms with van der Waals surface area (Å²) in [4.78, 5) is 12.0. The van der Waals surface area contributed by atoms with Crippen molar-refractivity contribution >= 4 is 5.97 Å². The fourth-order valence-electron chi connectivity index (χ4n) is 5.65. The number of hydrogen-bond donors (Lipinski definition) is 3. The molecule has 0 heterocycles. The van der Waals surface area contributed by atoms with Gasteiger partial charge in [0.15, 0.2) is 0 Å². The molecule has 0 aromatic rings. The van der Waals surface area contributed by atoms with Gasteiger partial charge in [-0.15, -0.1) is 0 Å². The summed E-state index contributed by atoms with van der Waals surface area (Å²) in [6, 6.07) is 0. The molecular formula is C20H34O4. The summed E-state index contributed by atoms with van der Waals surface area (Å²) in [5, 5.41) is 28.5. The lowest BCUT2D eigenvalue weighted by Crippen LogP contribution is -2.53. The predicted molar refractivity (Wildman–Crippen MR) is 94.6 cm³/mol. The average molecular weight is 338 g/mol. The number of rotatable bonds is 7. The van der Waals surface area contributed by atoms with Gasteiger partial charge in [-0.25, -0.2) is 0 Å². The summed E-state index contributed by atoms with van der Waals surface area (Å²) in [5.74, 6) is -0.0143. The van der Waals surface area contributed by atoms with E-state index in [1.54, 1.807) is 0 Å². The molecule has 0 radical (unpaired) electrons. The zero-order valence-electron chi connectivity index (χ0n) is 15.3. The quantitative estimate of drug-likeness (QED) is 0.620. The normalized spacial score (nSPS) is 37.8. The molecule has 2 aliphatic rings. The second-order valence-corrected chi connectivity index (χ2v) is 8.52. The van der Waals surface area contributed by atoms with E-state index in [-0.39, 0.29) is 30.5 Å². The molecule has 0 bridgehead atoms. The van der Waals surface area contributed by atoms with Crippen LogP contribution < -0.4 is 0 Å². The lowest BCUT2D eigenvalue weighted by atomic mass is 9.46. The molecule has 0 aromatic heterocycles. The number of aliphatic carboxylic acids is 1. The van der Waals surface area contributed by atoms with Gasteiger partial charge in [-0.1, -0.05) is 25.5 Å². The first kappa shape index (κ1) is 19.5. The number of aliphatic hydroxyl groups excluding tert-OH is 2. The Morgan fingerprint density at radius 3 is 2.58 bits per heavy atom. The second-order valence-electron chi connectivity index (χ2n) is 8.52. The molecule has 2 saturated carbocycles. The highest BCUT2D eigenvalue weighted by Gasteiger charge is 2.57. The molecule has 2 fully saturated rings. The molecule has 3 N–H and O–H groups in total. The number of hydrogen-bond acceptors (Lipinski definition) is 3. The Kier molecular flexibility index (Phi) is 6.14. The molecule has 0 amide bonds. The maximum absolute atomic E-state index is 12.0. The number of aliphatic hydroxyl groups is 2. The molecule has 2 rings (SSSR count). The zero-order chi connectivity index (χ0) is 18.0. The van der Waals surface area contributed by atoms with Crippen molar-refractivity contribution < 1.29 is 20.1 Å². The van der Waals surface area contributed by atoms with E-state index in [0.29, 0.717) is 12.3 Å².